The summed E-state index contributed by atoms with van der Waals surface area (Å²) in [5.41, 5.74) is 0. The molecule has 1 aromatic rings. The number of alkyl halides is 2. The fraction of sp³-hybridized carbons (Fsp3) is 0.714. The van der Waals surface area contributed by atoms with Crippen LogP contribution in [0.3, 0.4) is 0 Å². The number of aromatic nitrogens is 2. The van der Waals surface area contributed by atoms with Crippen LogP contribution in [0.1, 0.15) is 20.3 Å². The summed E-state index contributed by atoms with van der Waals surface area (Å²) in [6.45, 7) is 4.94. The standard InChI is InChI=1S/C14H22F2N4O2/c1-9(2)13-10(4-6-22-13)7-17-14(21)18-12-3-5-20(19-12)8-11(15)16/h3,5,9-11,13H,4,6-8H2,1-2H3,(H2,17,18,19,21)/t10-,13-/m1/s1. The predicted octanol–water partition coefficient (Wildman–Crippen LogP) is 2.33. The molecule has 0 bridgehead atoms. The molecule has 1 fully saturated rings. The molecule has 0 aliphatic carbocycles. The first-order valence-corrected chi connectivity index (χ1v) is 7.43. The van der Waals surface area contributed by atoms with Crippen LogP contribution < -0.4 is 10.6 Å². The van der Waals surface area contributed by atoms with E-state index in [4.69, 9.17) is 4.74 Å². The number of carbonyl (C=O) groups is 1. The van der Waals surface area contributed by atoms with Crippen molar-refractivity contribution >= 4 is 11.8 Å². The van der Waals surface area contributed by atoms with Crippen LogP contribution in [0, 0.1) is 11.8 Å². The summed E-state index contributed by atoms with van der Waals surface area (Å²) >= 11 is 0. The highest BCUT2D eigenvalue weighted by Crippen LogP contribution is 2.26. The number of nitrogens with one attached hydrogen (secondary N) is 2. The Morgan fingerprint density at radius 1 is 1.55 bits per heavy atom. The van der Waals surface area contributed by atoms with E-state index in [0.717, 1.165) is 17.7 Å². The maximum absolute atomic E-state index is 12.2. The van der Waals surface area contributed by atoms with E-state index < -0.39 is 19.0 Å². The highest BCUT2D eigenvalue weighted by molar-refractivity contribution is 5.88. The van der Waals surface area contributed by atoms with E-state index in [9.17, 15) is 13.6 Å². The minimum Gasteiger partial charge on any atom is -0.378 e. The molecular formula is C14H22F2N4O2. The number of anilines is 1. The molecule has 0 aromatic carbocycles. The Morgan fingerprint density at radius 2 is 2.32 bits per heavy atom. The van der Waals surface area contributed by atoms with Crippen molar-refractivity contribution in [3.05, 3.63) is 12.3 Å². The molecule has 2 amide bonds. The third-order valence-corrected chi connectivity index (χ3v) is 3.65. The van der Waals surface area contributed by atoms with Crippen LogP contribution in [0.5, 0.6) is 0 Å². The van der Waals surface area contributed by atoms with Crippen molar-refractivity contribution in [3.8, 4) is 0 Å². The smallest absolute Gasteiger partial charge is 0.320 e. The molecule has 2 rings (SSSR count). The van der Waals surface area contributed by atoms with Gasteiger partial charge in [0.25, 0.3) is 6.43 Å². The number of ether oxygens (including phenoxy) is 1. The minimum absolute atomic E-state index is 0.158. The lowest BCUT2D eigenvalue weighted by molar-refractivity contribution is 0.0546. The van der Waals surface area contributed by atoms with Crippen molar-refractivity contribution in [1.29, 1.82) is 0 Å². The van der Waals surface area contributed by atoms with E-state index in [1.807, 2.05) is 0 Å². The van der Waals surface area contributed by atoms with E-state index in [1.165, 1.54) is 12.3 Å². The summed E-state index contributed by atoms with van der Waals surface area (Å²) in [6, 6.07) is 1.09. The van der Waals surface area contributed by atoms with Gasteiger partial charge in [0.05, 0.1) is 6.10 Å². The maximum Gasteiger partial charge on any atom is 0.320 e. The van der Waals surface area contributed by atoms with Gasteiger partial charge < -0.3 is 10.1 Å². The lowest BCUT2D eigenvalue weighted by Gasteiger charge is -2.22. The molecule has 0 unspecified atom stereocenters. The van der Waals surface area contributed by atoms with Gasteiger partial charge in [-0.2, -0.15) is 5.10 Å². The molecular weight excluding hydrogens is 294 g/mol. The number of carbonyl (C=O) groups excluding carboxylic acids is 1. The SMILES string of the molecule is CC(C)[C@H]1OCC[C@@H]1CNC(=O)Nc1ccn(CC(F)F)n1. The van der Waals surface area contributed by atoms with Gasteiger partial charge in [0.15, 0.2) is 5.82 Å². The monoisotopic (exact) mass is 316 g/mol. The highest BCUT2D eigenvalue weighted by Gasteiger charge is 2.30. The van der Waals surface area contributed by atoms with Gasteiger partial charge in [-0.3, -0.25) is 10.00 Å². The molecule has 1 aromatic heterocycles. The second kappa shape index (κ2) is 7.53. The molecule has 1 aliphatic rings. The first-order chi connectivity index (χ1) is 10.5. The number of hydrogen-bond acceptors (Lipinski definition) is 3. The maximum atomic E-state index is 12.2. The zero-order valence-electron chi connectivity index (χ0n) is 12.8. The normalized spacial score (nSPS) is 21.5. The van der Waals surface area contributed by atoms with Crippen LogP contribution in [0.2, 0.25) is 0 Å². The largest absolute Gasteiger partial charge is 0.378 e. The van der Waals surface area contributed by atoms with Crippen LogP contribution >= 0.6 is 0 Å². The Bertz CT molecular complexity index is 493. The third kappa shape index (κ3) is 4.66. The summed E-state index contributed by atoms with van der Waals surface area (Å²) in [4.78, 5) is 11.8. The molecule has 0 radical (unpaired) electrons. The number of halogens is 2. The van der Waals surface area contributed by atoms with Gasteiger partial charge in [-0.05, 0) is 12.3 Å². The van der Waals surface area contributed by atoms with Crippen molar-refractivity contribution in [2.75, 3.05) is 18.5 Å². The zero-order chi connectivity index (χ0) is 16.1. The van der Waals surface area contributed by atoms with E-state index >= 15 is 0 Å². The highest BCUT2D eigenvalue weighted by atomic mass is 19.3. The molecule has 0 saturated carbocycles. The number of hydrogen-bond donors (Lipinski definition) is 2. The Kier molecular flexibility index (Phi) is 5.70. The van der Waals surface area contributed by atoms with Crippen molar-refractivity contribution in [2.45, 2.75) is 39.3 Å². The van der Waals surface area contributed by atoms with Crippen molar-refractivity contribution in [1.82, 2.24) is 15.1 Å². The van der Waals surface area contributed by atoms with Crippen molar-refractivity contribution in [2.24, 2.45) is 11.8 Å². The number of amides is 2. The molecule has 0 spiro atoms. The Balaban J connectivity index is 1.77. The van der Waals surface area contributed by atoms with Gasteiger partial charge in [-0.25, -0.2) is 13.6 Å². The Morgan fingerprint density at radius 3 is 3.00 bits per heavy atom. The van der Waals surface area contributed by atoms with E-state index in [2.05, 4.69) is 29.6 Å². The average Bonchev–Trinajstić information content (AvgIpc) is 3.05. The summed E-state index contributed by atoms with van der Waals surface area (Å²) < 4.78 is 31.2. The van der Waals surface area contributed by atoms with Crippen molar-refractivity contribution < 1.29 is 18.3 Å². The van der Waals surface area contributed by atoms with Gasteiger partial charge in [0.1, 0.15) is 6.54 Å². The summed E-state index contributed by atoms with van der Waals surface area (Å²) in [7, 11) is 0. The Labute approximate surface area is 128 Å². The van der Waals surface area contributed by atoms with Crippen LogP contribution in [-0.2, 0) is 11.3 Å². The molecule has 6 nitrogen and oxygen atoms in total. The zero-order valence-corrected chi connectivity index (χ0v) is 12.8. The molecule has 124 valence electrons. The first kappa shape index (κ1) is 16.7. The summed E-state index contributed by atoms with van der Waals surface area (Å²) in [6.07, 6.45) is 0.00974. The van der Waals surface area contributed by atoms with Gasteiger partial charge in [0.2, 0.25) is 0 Å². The second-order valence-corrected chi connectivity index (χ2v) is 5.78. The van der Waals surface area contributed by atoms with E-state index in [0.29, 0.717) is 18.4 Å². The van der Waals surface area contributed by atoms with Crippen LogP contribution in [0.4, 0.5) is 19.4 Å². The predicted molar refractivity (Wildman–Crippen MR) is 77.9 cm³/mol. The molecule has 8 heteroatoms. The fourth-order valence-corrected chi connectivity index (χ4v) is 2.67. The molecule has 1 saturated heterocycles. The molecule has 2 heterocycles. The lowest BCUT2D eigenvalue weighted by Crippen LogP contribution is -2.37. The van der Waals surface area contributed by atoms with Crippen molar-refractivity contribution in [3.63, 3.8) is 0 Å². The van der Waals surface area contributed by atoms with Crippen LogP contribution in [0.25, 0.3) is 0 Å². The Hall–Kier alpha value is -1.70. The molecule has 22 heavy (non-hydrogen) atoms. The molecule has 1 aliphatic heterocycles. The van der Waals surface area contributed by atoms with Gasteiger partial charge >= 0.3 is 6.03 Å². The first-order valence-electron chi connectivity index (χ1n) is 7.43. The summed E-state index contributed by atoms with van der Waals surface area (Å²) in [5.74, 6) is 0.950. The topological polar surface area (TPSA) is 68.2 Å². The van der Waals surface area contributed by atoms with Crippen LogP contribution in [0.15, 0.2) is 12.3 Å². The fourth-order valence-electron chi connectivity index (χ4n) is 2.67. The number of urea groups is 1. The van der Waals surface area contributed by atoms with Gasteiger partial charge in [-0.15, -0.1) is 0 Å². The third-order valence-electron chi connectivity index (χ3n) is 3.65. The van der Waals surface area contributed by atoms with Crippen LogP contribution in [-0.4, -0.2) is 41.5 Å². The quantitative estimate of drug-likeness (QED) is 0.846. The summed E-state index contributed by atoms with van der Waals surface area (Å²) in [5, 5.41) is 9.17. The average molecular weight is 316 g/mol. The lowest BCUT2D eigenvalue weighted by atomic mass is 9.93. The van der Waals surface area contributed by atoms with E-state index in [1.54, 1.807) is 0 Å². The van der Waals surface area contributed by atoms with Gasteiger partial charge in [-0.1, -0.05) is 13.8 Å². The second-order valence-electron chi connectivity index (χ2n) is 5.78. The molecule has 2 atom stereocenters. The van der Waals surface area contributed by atoms with E-state index in [-0.39, 0.29) is 11.9 Å². The molecule has 2 N–H and O–H groups in total. The minimum atomic E-state index is -2.48. The number of nitrogens with zero attached hydrogens (tertiary/aromatic N) is 2. The number of rotatable bonds is 6. The van der Waals surface area contributed by atoms with Gasteiger partial charge in [0, 0.05) is 31.3 Å².